The summed E-state index contributed by atoms with van der Waals surface area (Å²) in [6, 6.07) is 12.4. The van der Waals surface area contributed by atoms with Crippen molar-refractivity contribution in [2.45, 2.75) is 17.4 Å². The molecule has 1 aliphatic heterocycles. The predicted octanol–water partition coefficient (Wildman–Crippen LogP) is 2.22. The fraction of sp³-hybridized carbons (Fsp3) is 0.211. The van der Waals surface area contributed by atoms with Gasteiger partial charge in [0.05, 0.1) is 24.7 Å². The predicted molar refractivity (Wildman–Crippen MR) is 99.4 cm³/mol. The summed E-state index contributed by atoms with van der Waals surface area (Å²) >= 11 is 0. The summed E-state index contributed by atoms with van der Waals surface area (Å²) in [5.41, 5.74) is -1.53. The van der Waals surface area contributed by atoms with Crippen LogP contribution >= 0.6 is 0 Å². The minimum absolute atomic E-state index is 0.0465. The molecule has 8 nitrogen and oxygen atoms in total. The highest BCUT2D eigenvalue weighted by Gasteiger charge is 2.51. The average Bonchev–Trinajstić information content (AvgIpc) is 2.91. The summed E-state index contributed by atoms with van der Waals surface area (Å²) in [6.07, 6.45) is 0. The number of carbonyl (C=O) groups excluding carboxylic acids is 1. The summed E-state index contributed by atoms with van der Waals surface area (Å²) in [7, 11) is -1.25. The smallest absolute Gasteiger partial charge is 0.264 e. The zero-order valence-electron chi connectivity index (χ0n) is 15.4. The molecule has 148 valence electrons. The van der Waals surface area contributed by atoms with Crippen molar-refractivity contribution >= 4 is 15.8 Å². The number of nitrogens with one attached hydrogen (secondary N) is 1. The molecule has 1 heterocycles. The van der Waals surface area contributed by atoms with Crippen LogP contribution in [0.15, 0.2) is 65.1 Å². The maximum absolute atomic E-state index is 12.8. The Balaban J connectivity index is 2.01. The number of aliphatic hydroxyl groups excluding tert-OH is 1. The van der Waals surface area contributed by atoms with Gasteiger partial charge in [0.2, 0.25) is 17.2 Å². The molecular weight excluding hydrogens is 386 g/mol. The van der Waals surface area contributed by atoms with E-state index in [0.29, 0.717) is 0 Å². The molecule has 0 bridgehead atoms. The van der Waals surface area contributed by atoms with Crippen molar-refractivity contribution in [2.24, 2.45) is 0 Å². The number of aliphatic hydroxyl groups is 1. The molecule has 0 saturated carbocycles. The van der Waals surface area contributed by atoms with Crippen molar-refractivity contribution in [1.82, 2.24) is 4.72 Å². The first-order valence-electron chi connectivity index (χ1n) is 8.21. The number of sulfonamides is 1. The minimum Gasteiger partial charge on any atom is -0.501 e. The highest BCUT2D eigenvalue weighted by molar-refractivity contribution is 7.89. The van der Waals surface area contributed by atoms with E-state index in [2.05, 4.69) is 4.72 Å². The van der Waals surface area contributed by atoms with Crippen molar-refractivity contribution in [1.29, 1.82) is 0 Å². The molecule has 1 aliphatic rings. The summed E-state index contributed by atoms with van der Waals surface area (Å²) in [5, 5.41) is 10.3. The average molecular weight is 405 g/mol. The molecule has 1 unspecified atom stereocenters. The third-order valence-electron chi connectivity index (χ3n) is 4.36. The number of carbonyl (C=O) groups is 1. The number of hydrogen-bond donors (Lipinski definition) is 2. The van der Waals surface area contributed by atoms with Gasteiger partial charge in [-0.1, -0.05) is 24.3 Å². The van der Waals surface area contributed by atoms with Gasteiger partial charge in [-0.25, -0.2) is 13.1 Å². The molecule has 0 spiro atoms. The molecule has 28 heavy (non-hydrogen) atoms. The molecule has 0 aliphatic carbocycles. The molecule has 9 heteroatoms. The van der Waals surface area contributed by atoms with Crippen LogP contribution in [0.3, 0.4) is 0 Å². The molecule has 0 aromatic heterocycles. The second kappa shape index (κ2) is 7.08. The van der Waals surface area contributed by atoms with E-state index >= 15 is 0 Å². The first-order chi connectivity index (χ1) is 13.2. The van der Waals surface area contributed by atoms with Crippen LogP contribution in [0.4, 0.5) is 0 Å². The number of benzene rings is 2. The van der Waals surface area contributed by atoms with Crippen molar-refractivity contribution in [3.8, 4) is 11.5 Å². The van der Waals surface area contributed by atoms with Crippen LogP contribution < -0.4 is 14.2 Å². The molecule has 0 fully saturated rings. The van der Waals surface area contributed by atoms with E-state index in [9.17, 15) is 18.3 Å². The van der Waals surface area contributed by atoms with Gasteiger partial charge in [0.1, 0.15) is 11.5 Å². The first-order valence-corrected chi connectivity index (χ1v) is 9.69. The molecule has 0 radical (unpaired) electrons. The fourth-order valence-corrected chi connectivity index (χ4v) is 3.98. The topological polar surface area (TPSA) is 111 Å². The largest absolute Gasteiger partial charge is 0.501 e. The lowest BCUT2D eigenvalue weighted by atomic mass is 9.90. The monoisotopic (exact) mass is 405 g/mol. The van der Waals surface area contributed by atoms with Gasteiger partial charge in [0.25, 0.3) is 15.8 Å². The quantitative estimate of drug-likeness (QED) is 0.758. The highest BCUT2D eigenvalue weighted by Crippen LogP contribution is 2.45. The van der Waals surface area contributed by atoms with E-state index in [4.69, 9.17) is 14.2 Å². The van der Waals surface area contributed by atoms with Crippen molar-refractivity contribution < 1.29 is 32.5 Å². The molecule has 1 atom stereocenters. The highest BCUT2D eigenvalue weighted by atomic mass is 32.2. The molecule has 2 N–H and O–H groups in total. The van der Waals surface area contributed by atoms with E-state index in [1.165, 1.54) is 33.3 Å². The Morgan fingerprint density at radius 1 is 1.00 bits per heavy atom. The Morgan fingerprint density at radius 2 is 1.57 bits per heavy atom. The minimum atomic E-state index is -4.07. The number of ether oxygens (including phenoxy) is 3. The van der Waals surface area contributed by atoms with E-state index < -0.39 is 33.0 Å². The normalized spacial score (nSPS) is 19.3. The summed E-state index contributed by atoms with van der Waals surface area (Å²) in [6.45, 7) is 1.40. The number of methoxy groups -OCH3 is 2. The molecular formula is C19H19NO7S. The van der Waals surface area contributed by atoms with Gasteiger partial charge in [0.15, 0.2) is 0 Å². The zero-order chi connectivity index (χ0) is 20.5. The van der Waals surface area contributed by atoms with Gasteiger partial charge in [-0.3, -0.25) is 4.79 Å². The fourth-order valence-electron chi connectivity index (χ4n) is 2.96. The summed E-state index contributed by atoms with van der Waals surface area (Å²) < 4.78 is 43.4. The Labute approximate surface area is 162 Å². The van der Waals surface area contributed by atoms with Crippen LogP contribution in [0.2, 0.25) is 0 Å². The Hall–Kier alpha value is -3.20. The van der Waals surface area contributed by atoms with E-state index in [1.54, 1.807) is 36.4 Å². The molecule has 2 aromatic rings. The number of ketones is 1. The summed E-state index contributed by atoms with van der Waals surface area (Å²) in [4.78, 5) is 12.8. The van der Waals surface area contributed by atoms with E-state index in [1.807, 2.05) is 0 Å². The lowest BCUT2D eigenvalue weighted by Crippen LogP contribution is -2.33. The second-order valence-corrected chi connectivity index (χ2v) is 7.78. The van der Waals surface area contributed by atoms with Crippen LogP contribution in [0.5, 0.6) is 11.5 Å². The first kappa shape index (κ1) is 19.6. The van der Waals surface area contributed by atoms with Gasteiger partial charge >= 0.3 is 0 Å². The van der Waals surface area contributed by atoms with Crippen molar-refractivity contribution in [2.75, 3.05) is 14.2 Å². The molecule has 2 aromatic carbocycles. The summed E-state index contributed by atoms with van der Waals surface area (Å²) in [5.74, 6) is -1.66. The molecule has 3 rings (SSSR count). The van der Waals surface area contributed by atoms with Crippen LogP contribution in [-0.4, -0.2) is 33.5 Å². The second-order valence-electron chi connectivity index (χ2n) is 6.10. The van der Waals surface area contributed by atoms with Gasteiger partial charge in [-0.15, -0.1) is 0 Å². The molecule has 0 amide bonds. The third-order valence-corrected chi connectivity index (χ3v) is 5.70. The number of rotatable bonds is 6. The number of hydrogen-bond acceptors (Lipinski definition) is 7. The van der Waals surface area contributed by atoms with E-state index in [-0.39, 0.29) is 22.0 Å². The van der Waals surface area contributed by atoms with Crippen LogP contribution in [0.25, 0.3) is 0 Å². The maximum atomic E-state index is 12.8. The van der Waals surface area contributed by atoms with Crippen molar-refractivity contribution in [3.05, 3.63) is 65.7 Å². The van der Waals surface area contributed by atoms with E-state index in [0.717, 1.165) is 0 Å². The maximum Gasteiger partial charge on any atom is 0.264 e. The lowest BCUT2D eigenvalue weighted by molar-refractivity contribution is -0.132. The number of Topliss-reactive ketones (excluding diaryl/α,β-unsaturated/α-hetero) is 1. The lowest BCUT2D eigenvalue weighted by Gasteiger charge is -2.27. The van der Waals surface area contributed by atoms with Gasteiger partial charge in [-0.2, -0.15) is 0 Å². The van der Waals surface area contributed by atoms with Crippen LogP contribution in [0.1, 0.15) is 12.5 Å². The zero-order valence-corrected chi connectivity index (χ0v) is 16.2. The Bertz CT molecular complexity index is 1020. The Kier molecular flexibility index (Phi) is 4.95. The van der Waals surface area contributed by atoms with Gasteiger partial charge < -0.3 is 19.3 Å². The SMILES string of the molecule is COc1cccc(OC)c1C1(C)OC(NS(=O)(=O)c2ccccc2)=C(O)C1=O. The Morgan fingerprint density at radius 3 is 2.11 bits per heavy atom. The van der Waals surface area contributed by atoms with Gasteiger partial charge in [0, 0.05) is 0 Å². The van der Waals surface area contributed by atoms with Crippen molar-refractivity contribution in [3.63, 3.8) is 0 Å². The van der Waals surface area contributed by atoms with Crippen LogP contribution in [0, 0.1) is 0 Å². The third kappa shape index (κ3) is 3.13. The van der Waals surface area contributed by atoms with Gasteiger partial charge in [-0.05, 0) is 31.2 Å². The molecule has 0 saturated heterocycles. The standard InChI is InChI=1S/C19H19NO7S/c1-19(15-13(25-2)10-7-11-14(15)26-3)17(22)16(21)18(27-19)20-28(23,24)12-8-5-4-6-9-12/h4-11,20-21H,1-3H3. The van der Waals surface area contributed by atoms with Crippen LogP contribution in [-0.2, 0) is 25.2 Å².